The Bertz CT molecular complexity index is 981. The highest BCUT2D eigenvalue weighted by Gasteiger charge is 2.21. The quantitative estimate of drug-likeness (QED) is 0.364. The Balaban J connectivity index is 2.27. The number of hydrogen-bond donors (Lipinski definition) is 0. The fourth-order valence-electron chi connectivity index (χ4n) is 2.17. The van der Waals surface area contributed by atoms with E-state index in [0.717, 1.165) is 3.97 Å². The van der Waals surface area contributed by atoms with Crippen molar-refractivity contribution >= 4 is 49.2 Å². The van der Waals surface area contributed by atoms with E-state index in [2.05, 4.69) is 0 Å². The average molecular weight is 428 g/mol. The summed E-state index contributed by atoms with van der Waals surface area (Å²) >= 11 is 1.97. The highest BCUT2D eigenvalue weighted by Crippen LogP contribution is 2.29. The Morgan fingerprint density at radius 1 is 1.09 bits per heavy atom. The first kappa shape index (κ1) is 15.0. The van der Waals surface area contributed by atoms with Gasteiger partial charge in [0.25, 0.3) is 15.7 Å². The van der Waals surface area contributed by atoms with E-state index in [0.29, 0.717) is 14.5 Å². The van der Waals surface area contributed by atoms with E-state index in [9.17, 15) is 18.5 Å². The van der Waals surface area contributed by atoms with Crippen molar-refractivity contribution in [3.05, 3.63) is 68.4 Å². The third kappa shape index (κ3) is 2.37. The van der Waals surface area contributed by atoms with Gasteiger partial charge in [-0.25, -0.2) is 12.4 Å². The standard InChI is InChI=1S/C14H9IN2O4S/c15-13-9-16(22(20,21)11-4-2-1-3-5-11)14-7-6-10(17(18)19)8-12(13)14/h1-9H. The molecule has 0 bridgehead atoms. The van der Waals surface area contributed by atoms with Crippen molar-refractivity contribution < 1.29 is 13.3 Å². The Hall–Kier alpha value is -1.94. The molecule has 0 atom stereocenters. The third-order valence-electron chi connectivity index (χ3n) is 3.22. The minimum Gasteiger partial charge on any atom is -0.258 e. The second-order valence-corrected chi connectivity index (χ2v) is 7.53. The van der Waals surface area contributed by atoms with Crippen molar-refractivity contribution in [2.24, 2.45) is 0 Å². The number of rotatable bonds is 3. The molecule has 1 heterocycles. The minimum atomic E-state index is -3.74. The predicted molar refractivity (Wildman–Crippen MR) is 90.3 cm³/mol. The normalized spacial score (nSPS) is 11.7. The summed E-state index contributed by atoms with van der Waals surface area (Å²) in [6.45, 7) is 0. The van der Waals surface area contributed by atoms with Crippen molar-refractivity contribution in [2.75, 3.05) is 0 Å². The van der Waals surface area contributed by atoms with Crippen molar-refractivity contribution in [2.45, 2.75) is 4.90 Å². The molecule has 0 N–H and O–H groups in total. The predicted octanol–water partition coefficient (Wildman–Crippen LogP) is 3.39. The molecule has 0 saturated carbocycles. The molecule has 0 aliphatic carbocycles. The van der Waals surface area contributed by atoms with Crippen LogP contribution in [0, 0.1) is 13.7 Å². The van der Waals surface area contributed by atoms with Gasteiger partial charge in [0.05, 0.1) is 15.3 Å². The maximum absolute atomic E-state index is 12.7. The topological polar surface area (TPSA) is 82.2 Å². The molecule has 0 saturated heterocycles. The first-order chi connectivity index (χ1) is 10.4. The van der Waals surface area contributed by atoms with Crippen molar-refractivity contribution in [3.8, 4) is 0 Å². The molecule has 112 valence electrons. The second kappa shape index (κ2) is 5.36. The summed E-state index contributed by atoms with van der Waals surface area (Å²) in [4.78, 5) is 10.5. The molecule has 0 aliphatic rings. The summed E-state index contributed by atoms with van der Waals surface area (Å²) in [5, 5.41) is 11.4. The van der Waals surface area contributed by atoms with Crippen molar-refractivity contribution in [3.63, 3.8) is 0 Å². The zero-order valence-corrected chi connectivity index (χ0v) is 14.0. The van der Waals surface area contributed by atoms with Crippen LogP contribution in [0.15, 0.2) is 59.6 Å². The van der Waals surface area contributed by atoms with Crippen molar-refractivity contribution in [1.29, 1.82) is 0 Å². The molecule has 3 aromatic rings. The van der Waals surface area contributed by atoms with Gasteiger partial charge in [-0.2, -0.15) is 0 Å². The molecule has 22 heavy (non-hydrogen) atoms. The van der Waals surface area contributed by atoms with E-state index >= 15 is 0 Å². The molecule has 6 nitrogen and oxygen atoms in total. The lowest BCUT2D eigenvalue weighted by Gasteiger charge is -2.07. The maximum atomic E-state index is 12.7. The zero-order chi connectivity index (χ0) is 15.9. The van der Waals surface area contributed by atoms with Gasteiger partial charge in [-0.3, -0.25) is 10.1 Å². The number of fused-ring (bicyclic) bond motifs is 1. The number of hydrogen-bond acceptors (Lipinski definition) is 4. The number of non-ortho nitro benzene ring substituents is 1. The van der Waals surface area contributed by atoms with Crippen LogP contribution in [0.3, 0.4) is 0 Å². The van der Waals surface area contributed by atoms with Crippen LogP contribution in [0.1, 0.15) is 0 Å². The van der Waals surface area contributed by atoms with Gasteiger partial charge >= 0.3 is 0 Å². The summed E-state index contributed by atoms with van der Waals surface area (Å²) in [5.41, 5.74) is 0.346. The Kier molecular flexibility index (Phi) is 3.65. The van der Waals surface area contributed by atoms with Gasteiger partial charge in [0, 0.05) is 27.3 Å². The van der Waals surface area contributed by atoms with Crippen LogP contribution in [0.5, 0.6) is 0 Å². The van der Waals surface area contributed by atoms with Crippen LogP contribution < -0.4 is 0 Å². The lowest BCUT2D eigenvalue weighted by molar-refractivity contribution is -0.384. The second-order valence-electron chi connectivity index (χ2n) is 4.55. The SMILES string of the molecule is O=[N+]([O-])c1ccc2c(c1)c(I)cn2S(=O)(=O)c1ccccc1. The molecule has 0 spiro atoms. The van der Waals surface area contributed by atoms with E-state index in [1.165, 1.54) is 36.5 Å². The molecule has 0 amide bonds. The first-order valence-corrected chi connectivity index (χ1v) is 8.69. The Morgan fingerprint density at radius 2 is 1.77 bits per heavy atom. The molecule has 0 aliphatic heterocycles. The van der Waals surface area contributed by atoms with Gasteiger partial charge in [-0.15, -0.1) is 0 Å². The lowest BCUT2D eigenvalue weighted by Crippen LogP contribution is -2.11. The Labute approximate surface area is 139 Å². The molecule has 2 aromatic carbocycles. The number of nitro groups is 1. The molecule has 0 fully saturated rings. The number of nitrogens with zero attached hydrogens (tertiary/aromatic N) is 2. The van der Waals surface area contributed by atoms with Gasteiger partial charge < -0.3 is 0 Å². The van der Waals surface area contributed by atoms with E-state index in [1.54, 1.807) is 18.2 Å². The summed E-state index contributed by atoms with van der Waals surface area (Å²) in [7, 11) is -3.74. The average Bonchev–Trinajstić information content (AvgIpc) is 2.85. The fraction of sp³-hybridized carbons (Fsp3) is 0. The molecule has 8 heteroatoms. The highest BCUT2D eigenvalue weighted by atomic mass is 127. The summed E-state index contributed by atoms with van der Waals surface area (Å²) in [6, 6.07) is 12.2. The minimum absolute atomic E-state index is 0.0692. The van der Waals surface area contributed by atoms with Crippen LogP contribution in [0.25, 0.3) is 10.9 Å². The highest BCUT2D eigenvalue weighted by molar-refractivity contribution is 14.1. The summed E-state index contributed by atoms with van der Waals surface area (Å²) in [5.74, 6) is 0. The fourth-order valence-corrected chi connectivity index (χ4v) is 4.46. The molecular weight excluding hydrogens is 419 g/mol. The molecule has 0 unspecified atom stereocenters. The van der Waals surface area contributed by atoms with E-state index in [1.807, 2.05) is 22.6 Å². The van der Waals surface area contributed by atoms with E-state index in [-0.39, 0.29) is 10.6 Å². The number of halogens is 1. The van der Waals surface area contributed by atoms with Crippen LogP contribution in [0.4, 0.5) is 5.69 Å². The van der Waals surface area contributed by atoms with Gasteiger partial charge in [-0.05, 0) is 40.8 Å². The van der Waals surface area contributed by atoms with Gasteiger partial charge in [0.1, 0.15) is 0 Å². The lowest BCUT2D eigenvalue weighted by atomic mass is 10.2. The smallest absolute Gasteiger partial charge is 0.258 e. The molecule has 1 aromatic heterocycles. The van der Waals surface area contributed by atoms with Crippen LogP contribution in [-0.4, -0.2) is 17.3 Å². The van der Waals surface area contributed by atoms with Crippen LogP contribution in [0.2, 0.25) is 0 Å². The molecular formula is C14H9IN2O4S. The first-order valence-electron chi connectivity index (χ1n) is 6.17. The van der Waals surface area contributed by atoms with Gasteiger partial charge in [0.2, 0.25) is 0 Å². The monoisotopic (exact) mass is 428 g/mol. The Morgan fingerprint density at radius 3 is 2.41 bits per heavy atom. The summed E-state index contributed by atoms with van der Waals surface area (Å²) in [6.07, 6.45) is 1.47. The molecule has 0 radical (unpaired) electrons. The largest absolute Gasteiger partial charge is 0.270 e. The van der Waals surface area contributed by atoms with Crippen LogP contribution in [-0.2, 0) is 10.0 Å². The number of benzene rings is 2. The van der Waals surface area contributed by atoms with Gasteiger partial charge in [0.15, 0.2) is 0 Å². The molecule has 3 rings (SSSR count). The maximum Gasteiger partial charge on any atom is 0.270 e. The van der Waals surface area contributed by atoms with Gasteiger partial charge in [-0.1, -0.05) is 18.2 Å². The van der Waals surface area contributed by atoms with Crippen LogP contribution >= 0.6 is 22.6 Å². The zero-order valence-electron chi connectivity index (χ0n) is 11.0. The number of nitro benzene ring substituents is 1. The van der Waals surface area contributed by atoms with E-state index in [4.69, 9.17) is 0 Å². The third-order valence-corrected chi connectivity index (χ3v) is 5.76. The van der Waals surface area contributed by atoms with E-state index < -0.39 is 14.9 Å². The number of aromatic nitrogens is 1. The summed E-state index contributed by atoms with van der Waals surface area (Å²) < 4.78 is 27.2. The van der Waals surface area contributed by atoms with Crippen molar-refractivity contribution in [1.82, 2.24) is 3.97 Å².